The third-order valence-electron chi connectivity index (χ3n) is 5.94. The molecular formula is C21H32Cl2N2O. The van der Waals surface area contributed by atoms with Crippen LogP contribution in [0.15, 0.2) is 34.9 Å². The first kappa shape index (κ1) is 21.6. The zero-order chi connectivity index (χ0) is 16.2. The van der Waals surface area contributed by atoms with Crippen molar-refractivity contribution in [1.82, 2.24) is 9.80 Å². The fourth-order valence-corrected chi connectivity index (χ4v) is 4.48. The van der Waals surface area contributed by atoms with Crippen LogP contribution in [0.2, 0.25) is 0 Å². The molecule has 0 amide bonds. The Morgan fingerprint density at radius 1 is 0.846 bits per heavy atom. The van der Waals surface area contributed by atoms with Gasteiger partial charge in [-0.3, -0.25) is 0 Å². The van der Waals surface area contributed by atoms with Gasteiger partial charge in [0, 0.05) is 10.9 Å². The molecule has 2 fully saturated rings. The molecule has 5 heteroatoms. The Morgan fingerprint density at radius 2 is 1.50 bits per heavy atom. The highest BCUT2D eigenvalue weighted by Crippen LogP contribution is 2.34. The predicted molar refractivity (Wildman–Crippen MR) is 114 cm³/mol. The SMILES string of the molecule is Cl.Cl.c1ccc2c(C3CCN(CCCN4CCCCC4)CC3)coc2c1. The van der Waals surface area contributed by atoms with Crippen LogP contribution in [-0.2, 0) is 0 Å². The molecule has 0 saturated carbocycles. The van der Waals surface area contributed by atoms with Crippen molar-refractivity contribution in [2.45, 2.75) is 44.4 Å². The summed E-state index contributed by atoms with van der Waals surface area (Å²) in [5, 5.41) is 1.32. The summed E-state index contributed by atoms with van der Waals surface area (Å²) in [5.74, 6) is 0.673. The van der Waals surface area contributed by atoms with E-state index in [4.69, 9.17) is 4.42 Å². The first-order valence-electron chi connectivity index (χ1n) is 9.81. The number of nitrogens with zero attached hydrogens (tertiary/aromatic N) is 2. The van der Waals surface area contributed by atoms with Crippen molar-refractivity contribution in [2.24, 2.45) is 0 Å². The van der Waals surface area contributed by atoms with Gasteiger partial charge in [0.05, 0.1) is 6.26 Å². The number of hydrogen-bond acceptors (Lipinski definition) is 3. The summed E-state index contributed by atoms with van der Waals surface area (Å²) in [6.45, 7) is 7.71. The van der Waals surface area contributed by atoms with E-state index in [1.54, 1.807) is 0 Å². The van der Waals surface area contributed by atoms with E-state index in [1.165, 1.54) is 88.7 Å². The van der Waals surface area contributed by atoms with Gasteiger partial charge in [-0.25, -0.2) is 0 Å². The number of piperidine rings is 2. The van der Waals surface area contributed by atoms with Crippen LogP contribution in [0.5, 0.6) is 0 Å². The van der Waals surface area contributed by atoms with Gasteiger partial charge in [0.1, 0.15) is 5.58 Å². The third kappa shape index (κ3) is 5.16. The average molecular weight is 399 g/mol. The second-order valence-corrected chi connectivity index (χ2v) is 7.56. The Bertz CT molecular complexity index is 646. The minimum absolute atomic E-state index is 0. The highest BCUT2D eigenvalue weighted by Gasteiger charge is 2.23. The minimum Gasteiger partial charge on any atom is -0.464 e. The van der Waals surface area contributed by atoms with Crippen LogP contribution in [0.1, 0.15) is 50.0 Å². The summed E-state index contributed by atoms with van der Waals surface area (Å²) >= 11 is 0. The van der Waals surface area contributed by atoms with Gasteiger partial charge in [-0.15, -0.1) is 24.8 Å². The van der Waals surface area contributed by atoms with Gasteiger partial charge >= 0.3 is 0 Å². The lowest BCUT2D eigenvalue weighted by Crippen LogP contribution is -2.36. The third-order valence-corrected chi connectivity index (χ3v) is 5.94. The number of rotatable bonds is 5. The fourth-order valence-electron chi connectivity index (χ4n) is 4.48. The summed E-state index contributed by atoms with van der Waals surface area (Å²) in [6.07, 6.45) is 10.1. The molecule has 26 heavy (non-hydrogen) atoms. The largest absolute Gasteiger partial charge is 0.464 e. The second kappa shape index (κ2) is 10.6. The first-order chi connectivity index (χ1) is 11.9. The average Bonchev–Trinajstić information content (AvgIpc) is 3.07. The Hall–Kier alpha value is -0.740. The zero-order valence-electron chi connectivity index (χ0n) is 15.6. The van der Waals surface area contributed by atoms with Crippen LogP contribution in [0, 0.1) is 0 Å². The molecule has 3 nitrogen and oxygen atoms in total. The molecule has 0 unspecified atom stereocenters. The topological polar surface area (TPSA) is 19.6 Å². The maximum absolute atomic E-state index is 5.74. The van der Waals surface area contributed by atoms with Gasteiger partial charge in [0.25, 0.3) is 0 Å². The number of halogens is 2. The fraction of sp³-hybridized carbons (Fsp3) is 0.619. The summed E-state index contributed by atoms with van der Waals surface area (Å²) in [6, 6.07) is 8.46. The van der Waals surface area contributed by atoms with Gasteiger partial charge < -0.3 is 14.2 Å². The quantitative estimate of drug-likeness (QED) is 0.677. The van der Waals surface area contributed by atoms with Crippen molar-refractivity contribution < 1.29 is 4.42 Å². The van der Waals surface area contributed by atoms with E-state index in [9.17, 15) is 0 Å². The lowest BCUT2D eigenvalue weighted by Gasteiger charge is -2.33. The predicted octanol–water partition coefficient (Wildman–Crippen LogP) is 5.33. The number of hydrogen-bond donors (Lipinski definition) is 0. The highest BCUT2D eigenvalue weighted by molar-refractivity contribution is 5.85. The van der Waals surface area contributed by atoms with Crippen molar-refractivity contribution in [3.63, 3.8) is 0 Å². The molecule has 2 aromatic rings. The smallest absolute Gasteiger partial charge is 0.134 e. The van der Waals surface area contributed by atoms with E-state index in [0.717, 1.165) is 5.58 Å². The monoisotopic (exact) mass is 398 g/mol. The van der Waals surface area contributed by atoms with Gasteiger partial charge in [0.15, 0.2) is 0 Å². The molecule has 2 aliphatic heterocycles. The van der Waals surface area contributed by atoms with Gasteiger partial charge in [-0.1, -0.05) is 24.6 Å². The molecule has 3 heterocycles. The van der Waals surface area contributed by atoms with Crippen LogP contribution >= 0.6 is 24.8 Å². The standard InChI is InChI=1S/C21H30N2O.2ClH/c1-4-11-22(12-5-1)13-6-14-23-15-9-18(10-16-23)20-17-24-21-8-3-2-7-19(20)21;;/h2-3,7-8,17-18H,1,4-6,9-16H2;2*1H. The van der Waals surface area contributed by atoms with Gasteiger partial charge in [-0.2, -0.15) is 0 Å². The lowest BCUT2D eigenvalue weighted by molar-refractivity contribution is 0.181. The number of likely N-dealkylation sites (tertiary alicyclic amines) is 2. The van der Waals surface area contributed by atoms with E-state index >= 15 is 0 Å². The van der Waals surface area contributed by atoms with E-state index in [0.29, 0.717) is 5.92 Å². The molecule has 0 atom stereocenters. The van der Waals surface area contributed by atoms with E-state index in [1.807, 2.05) is 6.26 Å². The van der Waals surface area contributed by atoms with Crippen LogP contribution in [0.3, 0.4) is 0 Å². The molecular weight excluding hydrogens is 367 g/mol. The van der Waals surface area contributed by atoms with E-state index < -0.39 is 0 Å². The lowest BCUT2D eigenvalue weighted by atomic mass is 9.89. The van der Waals surface area contributed by atoms with Gasteiger partial charge in [-0.05, 0) is 83.4 Å². The van der Waals surface area contributed by atoms with Crippen molar-refractivity contribution in [3.05, 3.63) is 36.1 Å². The highest BCUT2D eigenvalue weighted by atomic mass is 35.5. The zero-order valence-corrected chi connectivity index (χ0v) is 17.2. The molecule has 1 aromatic heterocycles. The molecule has 0 spiro atoms. The Balaban J connectivity index is 0.00000121. The van der Waals surface area contributed by atoms with Crippen LogP contribution in [0.4, 0.5) is 0 Å². The van der Waals surface area contributed by atoms with E-state index in [2.05, 4.69) is 34.1 Å². The Labute approximate surface area is 169 Å². The molecule has 1 aromatic carbocycles. The summed E-state index contributed by atoms with van der Waals surface area (Å²) in [5.41, 5.74) is 2.47. The Kier molecular flexibility index (Phi) is 8.75. The van der Waals surface area contributed by atoms with E-state index in [-0.39, 0.29) is 24.8 Å². The second-order valence-electron chi connectivity index (χ2n) is 7.56. The normalized spacial score (nSPS) is 19.8. The molecule has 0 aliphatic carbocycles. The van der Waals surface area contributed by atoms with Crippen molar-refractivity contribution >= 4 is 35.8 Å². The summed E-state index contributed by atoms with van der Waals surface area (Å²) in [4.78, 5) is 5.33. The molecule has 0 radical (unpaired) electrons. The Morgan fingerprint density at radius 3 is 2.23 bits per heavy atom. The molecule has 2 aliphatic rings. The number of furan rings is 1. The van der Waals surface area contributed by atoms with Crippen LogP contribution in [-0.4, -0.2) is 49.1 Å². The molecule has 0 N–H and O–H groups in total. The van der Waals surface area contributed by atoms with Crippen molar-refractivity contribution in [1.29, 1.82) is 0 Å². The first-order valence-corrected chi connectivity index (χ1v) is 9.81. The molecule has 0 bridgehead atoms. The summed E-state index contributed by atoms with van der Waals surface area (Å²) in [7, 11) is 0. The minimum atomic E-state index is 0. The molecule has 4 rings (SSSR count). The number of para-hydroxylation sites is 1. The van der Waals surface area contributed by atoms with Gasteiger partial charge in [0.2, 0.25) is 0 Å². The number of benzene rings is 1. The molecule has 146 valence electrons. The molecule has 2 saturated heterocycles. The maximum atomic E-state index is 5.74. The van der Waals surface area contributed by atoms with Crippen LogP contribution < -0.4 is 0 Å². The number of fused-ring (bicyclic) bond motifs is 1. The maximum Gasteiger partial charge on any atom is 0.134 e. The van der Waals surface area contributed by atoms with Crippen molar-refractivity contribution in [3.8, 4) is 0 Å². The van der Waals surface area contributed by atoms with Crippen molar-refractivity contribution in [2.75, 3.05) is 39.3 Å². The summed E-state index contributed by atoms with van der Waals surface area (Å²) < 4.78 is 5.74. The van der Waals surface area contributed by atoms with Crippen LogP contribution in [0.25, 0.3) is 11.0 Å².